The normalized spacial score (nSPS) is 10.5. The maximum Gasteiger partial charge on any atom is 0.310 e. The van der Waals surface area contributed by atoms with Crippen molar-refractivity contribution in [1.29, 1.82) is 0 Å². The zero-order chi connectivity index (χ0) is 20.2. The van der Waals surface area contributed by atoms with Gasteiger partial charge in [-0.1, -0.05) is 103 Å². The lowest BCUT2D eigenvalue weighted by atomic mass is 10.0. The number of Topliss-reactive ketones (excluding diaryl/α,β-unsaturated/α-hetero) is 1. The summed E-state index contributed by atoms with van der Waals surface area (Å²) < 4.78 is 0. The van der Waals surface area contributed by atoms with E-state index < -0.39 is 0 Å². The minimum Gasteiger partial charge on any atom is -1.00 e. The Balaban J connectivity index is 0. The van der Waals surface area contributed by atoms with Gasteiger partial charge in [-0.05, 0) is 18.9 Å². The number of primary amides is 1. The first-order valence-corrected chi connectivity index (χ1v) is 11.6. The number of unbranched alkanes of at least 4 members (excludes halogenated alkanes) is 14. The maximum atomic E-state index is 11.7. The van der Waals surface area contributed by atoms with Crippen LogP contribution in [-0.4, -0.2) is 18.2 Å². The highest BCUT2D eigenvalue weighted by atomic mass is 79.9. The Morgan fingerprint density at radius 1 is 0.679 bits per heavy atom. The molecule has 0 bridgehead atoms. The Kier molecular flexibility index (Phi) is 24.2. The van der Waals surface area contributed by atoms with Gasteiger partial charge in [-0.15, -0.1) is 0 Å². The number of halogens is 1. The fourth-order valence-corrected chi connectivity index (χ4v) is 3.35. The number of ketones is 1. The highest BCUT2D eigenvalue weighted by Crippen LogP contribution is 2.13. The SMILES string of the molecule is C=C(C)C(=O)CC[NH2+]C(=O)CCCCCCCCCCCCCCCCC.[Br-]. The van der Waals surface area contributed by atoms with Crippen molar-refractivity contribution in [3.63, 3.8) is 0 Å². The number of allylic oxidation sites excluding steroid dienone is 1. The third-order valence-corrected chi connectivity index (χ3v) is 5.25. The van der Waals surface area contributed by atoms with Crippen LogP contribution in [0.4, 0.5) is 0 Å². The van der Waals surface area contributed by atoms with Crippen molar-refractivity contribution >= 4 is 11.7 Å². The fourth-order valence-electron chi connectivity index (χ4n) is 3.35. The molecule has 0 rings (SSSR count). The lowest BCUT2D eigenvalue weighted by molar-refractivity contribution is -0.567. The number of hydrogen-bond donors (Lipinski definition) is 1. The monoisotopic (exact) mass is 459 g/mol. The second-order valence-corrected chi connectivity index (χ2v) is 8.11. The predicted molar refractivity (Wildman–Crippen MR) is 116 cm³/mol. The molecule has 166 valence electrons. The first-order chi connectivity index (χ1) is 13.1. The van der Waals surface area contributed by atoms with Gasteiger partial charge < -0.3 is 17.0 Å². The van der Waals surface area contributed by atoms with E-state index in [9.17, 15) is 9.59 Å². The zero-order valence-electron chi connectivity index (χ0n) is 18.7. The van der Waals surface area contributed by atoms with E-state index in [-0.39, 0.29) is 28.7 Å². The van der Waals surface area contributed by atoms with E-state index in [1.54, 1.807) is 12.2 Å². The third kappa shape index (κ3) is 21.8. The molecular formula is C24H46BrNO2. The Morgan fingerprint density at radius 2 is 1.07 bits per heavy atom. The second-order valence-electron chi connectivity index (χ2n) is 8.11. The average Bonchev–Trinajstić information content (AvgIpc) is 2.64. The fraction of sp³-hybridized carbons (Fsp3) is 0.833. The van der Waals surface area contributed by atoms with E-state index in [0.29, 0.717) is 25.0 Å². The Morgan fingerprint density at radius 3 is 1.46 bits per heavy atom. The van der Waals surface area contributed by atoms with E-state index in [2.05, 4.69) is 13.5 Å². The van der Waals surface area contributed by atoms with Gasteiger partial charge in [0.2, 0.25) is 0 Å². The van der Waals surface area contributed by atoms with Gasteiger partial charge in [0.25, 0.3) is 0 Å². The van der Waals surface area contributed by atoms with Crippen LogP contribution in [0.25, 0.3) is 0 Å². The largest absolute Gasteiger partial charge is 1.00 e. The van der Waals surface area contributed by atoms with Gasteiger partial charge >= 0.3 is 5.91 Å². The highest BCUT2D eigenvalue weighted by Gasteiger charge is 2.08. The van der Waals surface area contributed by atoms with Crippen LogP contribution in [0, 0.1) is 0 Å². The van der Waals surface area contributed by atoms with Crippen LogP contribution in [0.15, 0.2) is 12.2 Å². The highest BCUT2D eigenvalue weighted by molar-refractivity contribution is 5.94. The van der Waals surface area contributed by atoms with Crippen molar-refractivity contribution in [3.05, 3.63) is 12.2 Å². The number of nitrogens with two attached hydrogens (primary N) is 1. The van der Waals surface area contributed by atoms with Crippen LogP contribution in [0.1, 0.15) is 123 Å². The lowest BCUT2D eigenvalue weighted by Gasteiger charge is -2.03. The van der Waals surface area contributed by atoms with Crippen LogP contribution in [0.3, 0.4) is 0 Å². The van der Waals surface area contributed by atoms with Gasteiger partial charge in [0.1, 0.15) is 0 Å². The molecule has 0 aliphatic heterocycles. The van der Waals surface area contributed by atoms with Crippen molar-refractivity contribution in [2.75, 3.05) is 6.54 Å². The predicted octanol–water partition coefficient (Wildman–Crippen LogP) is 2.88. The molecule has 0 spiro atoms. The van der Waals surface area contributed by atoms with Crippen molar-refractivity contribution < 1.29 is 31.9 Å². The molecule has 0 aliphatic rings. The van der Waals surface area contributed by atoms with E-state index in [4.69, 9.17) is 0 Å². The van der Waals surface area contributed by atoms with Crippen molar-refractivity contribution in [2.24, 2.45) is 0 Å². The molecule has 0 aromatic carbocycles. The summed E-state index contributed by atoms with van der Waals surface area (Å²) in [7, 11) is 0. The van der Waals surface area contributed by atoms with Gasteiger partial charge in [0.15, 0.2) is 5.78 Å². The molecule has 0 aliphatic carbocycles. The standard InChI is InChI=1S/C24H45NO2.BrH/c1-4-5-6-7-8-9-10-11-12-13-14-15-16-17-18-19-24(27)25-21-20-23(26)22(2)3;/h2,4-21H2,1,3H3,(H,25,27);1H. The average molecular weight is 461 g/mol. The zero-order valence-corrected chi connectivity index (χ0v) is 20.3. The van der Waals surface area contributed by atoms with Gasteiger partial charge in [-0.25, -0.2) is 4.79 Å². The summed E-state index contributed by atoms with van der Waals surface area (Å²) in [5, 5.41) is 1.69. The molecule has 0 heterocycles. The summed E-state index contributed by atoms with van der Waals surface area (Å²) in [6.07, 6.45) is 21.2. The van der Waals surface area contributed by atoms with Crippen molar-refractivity contribution in [1.82, 2.24) is 0 Å². The van der Waals surface area contributed by atoms with E-state index in [1.165, 1.54) is 83.5 Å². The van der Waals surface area contributed by atoms with Crippen molar-refractivity contribution in [2.45, 2.75) is 123 Å². The summed E-state index contributed by atoms with van der Waals surface area (Å²) in [6.45, 7) is 8.18. The van der Waals surface area contributed by atoms with E-state index in [0.717, 1.165) is 12.8 Å². The number of carbonyl (C=O) groups is 2. The first kappa shape index (κ1) is 29.7. The quantitative estimate of drug-likeness (QED) is 0.224. The van der Waals surface area contributed by atoms with E-state index >= 15 is 0 Å². The molecular weight excluding hydrogens is 414 g/mol. The summed E-state index contributed by atoms with van der Waals surface area (Å²) in [6, 6.07) is 0. The molecule has 1 amide bonds. The minimum absolute atomic E-state index is 0. The second kappa shape index (κ2) is 22.8. The molecule has 2 N–H and O–H groups in total. The van der Waals surface area contributed by atoms with Crippen LogP contribution in [0.2, 0.25) is 0 Å². The van der Waals surface area contributed by atoms with Crippen LogP contribution >= 0.6 is 0 Å². The molecule has 0 fully saturated rings. The summed E-state index contributed by atoms with van der Waals surface area (Å²) in [4.78, 5) is 23.1. The first-order valence-electron chi connectivity index (χ1n) is 11.6. The van der Waals surface area contributed by atoms with Crippen LogP contribution in [0.5, 0.6) is 0 Å². The van der Waals surface area contributed by atoms with Gasteiger partial charge in [0.05, 0.1) is 19.4 Å². The lowest BCUT2D eigenvalue weighted by Crippen LogP contribution is -3.00. The van der Waals surface area contributed by atoms with E-state index in [1.807, 2.05) is 0 Å². The molecule has 4 heteroatoms. The summed E-state index contributed by atoms with van der Waals surface area (Å²) in [5.41, 5.74) is 0.582. The van der Waals surface area contributed by atoms with Gasteiger partial charge in [0, 0.05) is 0 Å². The summed E-state index contributed by atoms with van der Waals surface area (Å²) in [5.74, 6) is 0.255. The number of rotatable bonds is 20. The molecule has 0 aromatic rings. The Hall–Kier alpha value is -0.480. The minimum atomic E-state index is 0. The van der Waals surface area contributed by atoms with Crippen LogP contribution in [-0.2, 0) is 9.59 Å². The smallest absolute Gasteiger partial charge is 0.310 e. The number of quaternary nitrogens is 1. The molecule has 0 saturated carbocycles. The number of amides is 1. The number of carbonyl (C=O) groups excluding carboxylic acids is 2. The molecule has 3 nitrogen and oxygen atoms in total. The maximum absolute atomic E-state index is 11.7. The van der Waals surface area contributed by atoms with Gasteiger partial charge in [-0.2, -0.15) is 0 Å². The molecule has 0 radical (unpaired) electrons. The number of hydrogen-bond acceptors (Lipinski definition) is 2. The molecule has 0 saturated heterocycles. The molecule has 0 aromatic heterocycles. The van der Waals surface area contributed by atoms with Crippen molar-refractivity contribution in [3.8, 4) is 0 Å². The van der Waals surface area contributed by atoms with Gasteiger partial charge in [-0.3, -0.25) is 10.1 Å². The molecule has 0 unspecified atom stereocenters. The topological polar surface area (TPSA) is 50.8 Å². The third-order valence-electron chi connectivity index (χ3n) is 5.25. The molecule has 28 heavy (non-hydrogen) atoms. The Bertz CT molecular complexity index is 396. The molecule has 0 atom stereocenters. The summed E-state index contributed by atoms with van der Waals surface area (Å²) >= 11 is 0. The van der Waals surface area contributed by atoms with Crippen LogP contribution < -0.4 is 22.3 Å². The Labute approximate surface area is 185 Å².